The Kier molecular flexibility index (Phi) is 5.67. The molecule has 4 rings (SSSR count). The van der Waals surface area contributed by atoms with Crippen molar-refractivity contribution in [3.8, 4) is 0 Å². The van der Waals surface area contributed by atoms with Crippen LogP contribution in [-0.2, 0) is 33.0 Å². The molecule has 0 saturated heterocycles. The van der Waals surface area contributed by atoms with Crippen LogP contribution in [0.1, 0.15) is 39.3 Å². The smallest absolute Gasteiger partial charge is 0.272 e. The van der Waals surface area contributed by atoms with Crippen molar-refractivity contribution in [2.24, 2.45) is 7.05 Å². The van der Waals surface area contributed by atoms with Crippen LogP contribution < -0.4 is 10.6 Å². The Hall–Kier alpha value is -3.06. The van der Waals surface area contributed by atoms with Gasteiger partial charge in [0, 0.05) is 49.8 Å². The van der Waals surface area contributed by atoms with E-state index < -0.39 is 0 Å². The fraction of sp³-hybridized carbons (Fsp3) is 0.318. The van der Waals surface area contributed by atoms with Gasteiger partial charge in [0.25, 0.3) is 5.91 Å². The maximum atomic E-state index is 13.0. The zero-order valence-electron chi connectivity index (χ0n) is 16.4. The molecule has 0 bridgehead atoms. The fourth-order valence-corrected chi connectivity index (χ4v) is 3.78. The topological polar surface area (TPSA) is 71.8 Å². The molecule has 1 aliphatic carbocycles. The monoisotopic (exact) mass is 393 g/mol. The third-order valence-corrected chi connectivity index (χ3v) is 5.38. The van der Waals surface area contributed by atoms with Crippen LogP contribution in [0.25, 0.3) is 0 Å². The van der Waals surface area contributed by atoms with Gasteiger partial charge in [-0.05, 0) is 54.7 Å². The number of aromatic nitrogens is 3. The fourth-order valence-electron chi connectivity index (χ4n) is 3.78. The molecule has 1 atom stereocenters. The molecular weight excluding hydrogens is 369 g/mol. The number of benzene rings is 1. The van der Waals surface area contributed by atoms with Gasteiger partial charge in [-0.2, -0.15) is 5.10 Å². The van der Waals surface area contributed by atoms with Gasteiger partial charge in [-0.25, -0.2) is 4.39 Å². The van der Waals surface area contributed by atoms with Crippen molar-refractivity contribution in [3.05, 3.63) is 82.7 Å². The summed E-state index contributed by atoms with van der Waals surface area (Å²) in [7, 11) is 1.89. The van der Waals surface area contributed by atoms with Crippen LogP contribution >= 0.6 is 0 Å². The van der Waals surface area contributed by atoms with Crippen LogP contribution in [0.4, 0.5) is 4.39 Å². The Morgan fingerprint density at radius 1 is 1.14 bits per heavy atom. The number of carbonyl (C=O) groups excluding carboxylic acids is 1. The predicted molar refractivity (Wildman–Crippen MR) is 108 cm³/mol. The van der Waals surface area contributed by atoms with E-state index in [9.17, 15) is 9.18 Å². The molecule has 29 heavy (non-hydrogen) atoms. The molecule has 1 aromatic carbocycles. The van der Waals surface area contributed by atoms with Crippen molar-refractivity contribution in [3.63, 3.8) is 0 Å². The van der Waals surface area contributed by atoms with Crippen molar-refractivity contribution < 1.29 is 9.18 Å². The van der Waals surface area contributed by atoms with Crippen LogP contribution in [0.3, 0.4) is 0 Å². The van der Waals surface area contributed by atoms with Crippen molar-refractivity contribution >= 4 is 5.91 Å². The highest BCUT2D eigenvalue weighted by molar-refractivity contribution is 5.94. The number of aryl methyl sites for hydroxylation is 1. The summed E-state index contributed by atoms with van der Waals surface area (Å²) in [5.74, 6) is -0.481. The molecule has 3 aromatic rings. The quantitative estimate of drug-likeness (QED) is 0.675. The van der Waals surface area contributed by atoms with Gasteiger partial charge in [0.15, 0.2) is 5.69 Å². The number of nitrogens with one attached hydrogen (secondary N) is 2. The zero-order chi connectivity index (χ0) is 20.2. The molecule has 6 nitrogen and oxygen atoms in total. The van der Waals surface area contributed by atoms with Gasteiger partial charge >= 0.3 is 0 Å². The van der Waals surface area contributed by atoms with Gasteiger partial charge < -0.3 is 10.6 Å². The molecule has 2 N–H and O–H groups in total. The van der Waals surface area contributed by atoms with E-state index in [2.05, 4.69) is 20.7 Å². The first kappa shape index (κ1) is 19.3. The number of rotatable bonds is 6. The van der Waals surface area contributed by atoms with E-state index in [1.165, 1.54) is 17.7 Å². The van der Waals surface area contributed by atoms with Crippen LogP contribution in [-0.4, -0.2) is 26.7 Å². The summed E-state index contributed by atoms with van der Waals surface area (Å²) in [6, 6.07) is 10.4. The van der Waals surface area contributed by atoms with E-state index >= 15 is 0 Å². The molecule has 2 aromatic heterocycles. The second-order valence-corrected chi connectivity index (χ2v) is 7.38. The highest BCUT2D eigenvalue weighted by Crippen LogP contribution is 2.24. The number of hydrogen-bond acceptors (Lipinski definition) is 4. The second-order valence-electron chi connectivity index (χ2n) is 7.38. The summed E-state index contributed by atoms with van der Waals surface area (Å²) in [6.45, 7) is 1.11. The van der Waals surface area contributed by atoms with Gasteiger partial charge in [0.05, 0.1) is 0 Å². The Morgan fingerprint density at radius 3 is 2.62 bits per heavy atom. The number of carbonyl (C=O) groups is 1. The second kappa shape index (κ2) is 8.53. The van der Waals surface area contributed by atoms with E-state index in [4.69, 9.17) is 0 Å². The maximum absolute atomic E-state index is 13.0. The van der Waals surface area contributed by atoms with E-state index in [0.717, 1.165) is 42.6 Å². The average Bonchev–Trinajstić information content (AvgIpc) is 3.08. The highest BCUT2D eigenvalue weighted by atomic mass is 19.1. The lowest BCUT2D eigenvalue weighted by Crippen LogP contribution is -2.35. The molecule has 7 heteroatoms. The molecule has 0 fully saturated rings. The van der Waals surface area contributed by atoms with Gasteiger partial charge in [-0.15, -0.1) is 0 Å². The van der Waals surface area contributed by atoms with Gasteiger partial charge in [0.1, 0.15) is 5.82 Å². The van der Waals surface area contributed by atoms with Crippen LogP contribution in [0.15, 0.2) is 48.8 Å². The number of halogens is 1. The number of pyridine rings is 1. The lowest BCUT2D eigenvalue weighted by Gasteiger charge is -2.24. The Morgan fingerprint density at radius 2 is 1.86 bits per heavy atom. The first-order valence-electron chi connectivity index (χ1n) is 9.80. The normalized spacial score (nSPS) is 15.7. The minimum Gasteiger partial charge on any atom is -0.347 e. The average molecular weight is 393 g/mol. The summed E-state index contributed by atoms with van der Waals surface area (Å²) in [5.41, 5.74) is 4.66. The van der Waals surface area contributed by atoms with Crippen LogP contribution in [0.5, 0.6) is 0 Å². The predicted octanol–water partition coefficient (Wildman–Crippen LogP) is 2.53. The van der Waals surface area contributed by atoms with Crippen LogP contribution in [0.2, 0.25) is 0 Å². The Labute approximate surface area is 169 Å². The molecule has 1 aliphatic rings. The molecule has 150 valence electrons. The highest BCUT2D eigenvalue weighted by Gasteiger charge is 2.28. The molecule has 0 saturated carbocycles. The summed E-state index contributed by atoms with van der Waals surface area (Å²) >= 11 is 0. The molecule has 0 unspecified atom stereocenters. The first-order chi connectivity index (χ1) is 14.1. The third-order valence-electron chi connectivity index (χ3n) is 5.38. The SMILES string of the molecule is Cn1nc(C(=O)NCc2ccc(F)cc2)c2c1CC[C@@H](NCc1ccncc1)C2. The third kappa shape index (κ3) is 4.51. The summed E-state index contributed by atoms with van der Waals surface area (Å²) in [5, 5.41) is 11.0. The van der Waals surface area contributed by atoms with Crippen molar-refractivity contribution in [2.45, 2.75) is 38.4 Å². The number of nitrogens with zero attached hydrogens (tertiary/aromatic N) is 3. The Bertz CT molecular complexity index is 984. The van der Waals surface area contributed by atoms with Crippen molar-refractivity contribution in [1.82, 2.24) is 25.4 Å². The first-order valence-corrected chi connectivity index (χ1v) is 9.80. The van der Waals surface area contributed by atoms with E-state index in [0.29, 0.717) is 18.3 Å². The summed E-state index contributed by atoms with van der Waals surface area (Å²) in [4.78, 5) is 16.8. The van der Waals surface area contributed by atoms with Crippen molar-refractivity contribution in [1.29, 1.82) is 0 Å². The summed E-state index contributed by atoms with van der Waals surface area (Å²) < 4.78 is 14.9. The molecule has 1 amide bonds. The lowest BCUT2D eigenvalue weighted by atomic mass is 9.91. The summed E-state index contributed by atoms with van der Waals surface area (Å²) in [6.07, 6.45) is 6.25. The van der Waals surface area contributed by atoms with E-state index in [1.54, 1.807) is 24.5 Å². The lowest BCUT2D eigenvalue weighted by molar-refractivity contribution is 0.0944. The van der Waals surface area contributed by atoms with E-state index in [-0.39, 0.29) is 11.7 Å². The van der Waals surface area contributed by atoms with Gasteiger partial charge in [-0.1, -0.05) is 12.1 Å². The van der Waals surface area contributed by atoms with Crippen molar-refractivity contribution in [2.75, 3.05) is 0 Å². The maximum Gasteiger partial charge on any atom is 0.272 e. The molecule has 0 aliphatic heterocycles. The van der Waals surface area contributed by atoms with Crippen LogP contribution in [0, 0.1) is 5.82 Å². The Balaban J connectivity index is 1.42. The zero-order valence-corrected chi connectivity index (χ0v) is 16.4. The number of hydrogen-bond donors (Lipinski definition) is 2. The standard InChI is InChI=1S/C22H24FN5O/c1-28-20-7-6-18(25-13-16-8-10-24-11-9-16)12-19(20)21(27-28)22(29)26-14-15-2-4-17(23)5-3-15/h2-5,8-11,18,25H,6-7,12-14H2,1H3,(H,26,29)/t18-/m1/s1. The van der Waals surface area contributed by atoms with E-state index in [1.807, 2.05) is 23.9 Å². The van der Waals surface area contributed by atoms with Gasteiger partial charge in [-0.3, -0.25) is 14.5 Å². The minimum absolute atomic E-state index is 0.194. The molecule has 0 radical (unpaired) electrons. The van der Waals surface area contributed by atoms with Gasteiger partial charge in [0.2, 0.25) is 0 Å². The minimum atomic E-state index is -0.288. The number of fused-ring (bicyclic) bond motifs is 1. The largest absolute Gasteiger partial charge is 0.347 e. The molecule has 0 spiro atoms. The molecular formula is C22H24FN5O. The molecule has 2 heterocycles. The number of amides is 1.